The van der Waals surface area contributed by atoms with Crippen LogP contribution in [0.15, 0.2) is 22.8 Å². The summed E-state index contributed by atoms with van der Waals surface area (Å²) >= 11 is 0. The van der Waals surface area contributed by atoms with Crippen molar-refractivity contribution in [1.82, 2.24) is 10.2 Å². The molecule has 2 atom stereocenters. The minimum atomic E-state index is 0.157. The lowest BCUT2D eigenvalue weighted by molar-refractivity contribution is -0.0223. The van der Waals surface area contributed by atoms with Gasteiger partial charge in [-0.1, -0.05) is 19.8 Å². The first kappa shape index (κ1) is 12.2. The van der Waals surface area contributed by atoms with Gasteiger partial charge in [0.05, 0.1) is 11.8 Å². The minimum Gasteiger partial charge on any atom is -0.467 e. The van der Waals surface area contributed by atoms with E-state index in [0.29, 0.717) is 5.92 Å². The standard InChI is InChI=1S/C15H24N2O/c1-13-5-2-3-7-15(13,14-6-4-12-18-14)17-10-8-16-9-11-17/h4,6,12-13,16H,2-3,5,7-11H2,1H3/t13-,15+/m1/s1. The highest BCUT2D eigenvalue weighted by Gasteiger charge is 2.46. The van der Waals surface area contributed by atoms with Gasteiger partial charge in [-0.25, -0.2) is 0 Å². The average Bonchev–Trinajstić information content (AvgIpc) is 2.95. The summed E-state index contributed by atoms with van der Waals surface area (Å²) in [7, 11) is 0. The van der Waals surface area contributed by atoms with Gasteiger partial charge in [0.2, 0.25) is 0 Å². The van der Waals surface area contributed by atoms with Gasteiger partial charge < -0.3 is 9.73 Å². The second kappa shape index (κ2) is 5.06. The van der Waals surface area contributed by atoms with Crippen LogP contribution in [0.3, 0.4) is 0 Å². The predicted molar refractivity (Wildman–Crippen MR) is 72.5 cm³/mol. The van der Waals surface area contributed by atoms with Crippen LogP contribution in [0, 0.1) is 5.92 Å². The van der Waals surface area contributed by atoms with Gasteiger partial charge in [0.1, 0.15) is 5.76 Å². The maximum Gasteiger partial charge on any atom is 0.124 e. The molecule has 1 aromatic rings. The molecule has 1 aromatic heterocycles. The molecule has 0 bridgehead atoms. The van der Waals surface area contributed by atoms with E-state index in [2.05, 4.69) is 23.2 Å². The zero-order valence-corrected chi connectivity index (χ0v) is 11.3. The number of furan rings is 1. The average molecular weight is 248 g/mol. The molecular weight excluding hydrogens is 224 g/mol. The van der Waals surface area contributed by atoms with Crippen LogP contribution in [-0.2, 0) is 5.54 Å². The van der Waals surface area contributed by atoms with Gasteiger partial charge in [-0.05, 0) is 30.9 Å². The fourth-order valence-electron chi connectivity index (χ4n) is 3.91. The highest BCUT2D eigenvalue weighted by Crippen LogP contribution is 2.46. The molecule has 0 unspecified atom stereocenters. The third kappa shape index (κ3) is 1.90. The summed E-state index contributed by atoms with van der Waals surface area (Å²) in [5.74, 6) is 1.88. The highest BCUT2D eigenvalue weighted by atomic mass is 16.3. The lowest BCUT2D eigenvalue weighted by Gasteiger charge is -2.50. The number of nitrogens with zero attached hydrogens (tertiary/aromatic N) is 1. The molecule has 2 heterocycles. The van der Waals surface area contributed by atoms with E-state index in [1.807, 2.05) is 12.3 Å². The fraction of sp³-hybridized carbons (Fsp3) is 0.733. The molecule has 2 aliphatic rings. The topological polar surface area (TPSA) is 28.4 Å². The van der Waals surface area contributed by atoms with Crippen molar-refractivity contribution in [3.8, 4) is 0 Å². The van der Waals surface area contributed by atoms with Crippen LogP contribution in [0.25, 0.3) is 0 Å². The molecule has 1 N–H and O–H groups in total. The lowest BCUT2D eigenvalue weighted by Crippen LogP contribution is -2.58. The normalized spacial score (nSPS) is 34.6. The predicted octanol–water partition coefficient (Wildman–Crippen LogP) is 2.59. The highest BCUT2D eigenvalue weighted by molar-refractivity contribution is 5.16. The van der Waals surface area contributed by atoms with Crippen molar-refractivity contribution in [3.05, 3.63) is 24.2 Å². The van der Waals surface area contributed by atoms with E-state index in [9.17, 15) is 0 Å². The van der Waals surface area contributed by atoms with Gasteiger partial charge in [0.25, 0.3) is 0 Å². The Labute approximate surface area is 110 Å². The molecule has 1 saturated heterocycles. The maximum absolute atomic E-state index is 5.84. The maximum atomic E-state index is 5.84. The van der Waals surface area contributed by atoms with Crippen molar-refractivity contribution >= 4 is 0 Å². The fourth-order valence-corrected chi connectivity index (χ4v) is 3.91. The van der Waals surface area contributed by atoms with Crippen LogP contribution >= 0.6 is 0 Å². The van der Waals surface area contributed by atoms with E-state index in [1.165, 1.54) is 31.4 Å². The number of rotatable bonds is 2. The largest absolute Gasteiger partial charge is 0.467 e. The second-order valence-electron chi connectivity index (χ2n) is 5.79. The molecule has 3 nitrogen and oxygen atoms in total. The molecule has 18 heavy (non-hydrogen) atoms. The number of piperazine rings is 1. The van der Waals surface area contributed by atoms with E-state index in [4.69, 9.17) is 4.42 Å². The Morgan fingerprint density at radius 3 is 2.83 bits per heavy atom. The van der Waals surface area contributed by atoms with E-state index >= 15 is 0 Å². The number of hydrogen-bond acceptors (Lipinski definition) is 3. The Morgan fingerprint density at radius 1 is 1.33 bits per heavy atom. The van der Waals surface area contributed by atoms with Crippen LogP contribution < -0.4 is 5.32 Å². The Balaban J connectivity index is 1.96. The van der Waals surface area contributed by atoms with Gasteiger partial charge in [-0.15, -0.1) is 0 Å². The Morgan fingerprint density at radius 2 is 2.17 bits per heavy atom. The molecule has 1 saturated carbocycles. The van der Waals surface area contributed by atoms with Crippen molar-refractivity contribution in [2.45, 2.75) is 38.1 Å². The summed E-state index contributed by atoms with van der Waals surface area (Å²) in [6.45, 7) is 6.91. The molecule has 2 fully saturated rings. The summed E-state index contributed by atoms with van der Waals surface area (Å²) in [5, 5.41) is 3.46. The molecule has 0 aromatic carbocycles. The molecule has 0 amide bonds. The molecule has 1 aliphatic heterocycles. The number of hydrogen-bond donors (Lipinski definition) is 1. The molecule has 3 heteroatoms. The SMILES string of the molecule is C[C@@H]1CCCC[C@]1(c1ccco1)N1CCNCC1. The Hall–Kier alpha value is -0.800. The monoisotopic (exact) mass is 248 g/mol. The first-order valence-electron chi connectivity index (χ1n) is 7.34. The zero-order valence-electron chi connectivity index (χ0n) is 11.3. The molecule has 0 spiro atoms. The summed E-state index contributed by atoms with van der Waals surface area (Å²) in [6, 6.07) is 4.23. The molecule has 3 rings (SSSR count). The van der Waals surface area contributed by atoms with Crippen LogP contribution in [0.5, 0.6) is 0 Å². The van der Waals surface area contributed by atoms with E-state index in [0.717, 1.165) is 26.2 Å². The van der Waals surface area contributed by atoms with Crippen LogP contribution in [-0.4, -0.2) is 31.1 Å². The van der Waals surface area contributed by atoms with Crippen molar-refractivity contribution in [2.24, 2.45) is 5.92 Å². The van der Waals surface area contributed by atoms with Crippen LogP contribution in [0.4, 0.5) is 0 Å². The second-order valence-corrected chi connectivity index (χ2v) is 5.79. The van der Waals surface area contributed by atoms with Crippen LogP contribution in [0.1, 0.15) is 38.4 Å². The summed E-state index contributed by atoms with van der Waals surface area (Å²) in [4.78, 5) is 2.67. The van der Waals surface area contributed by atoms with Gasteiger partial charge in [-0.2, -0.15) is 0 Å². The van der Waals surface area contributed by atoms with E-state index in [1.54, 1.807) is 0 Å². The molecular formula is C15H24N2O. The van der Waals surface area contributed by atoms with E-state index < -0.39 is 0 Å². The summed E-state index contributed by atoms with van der Waals surface area (Å²) in [5.41, 5.74) is 0.157. The summed E-state index contributed by atoms with van der Waals surface area (Å²) in [6.07, 6.45) is 7.11. The van der Waals surface area contributed by atoms with Gasteiger partial charge in [0, 0.05) is 26.2 Å². The molecule has 1 aliphatic carbocycles. The Kier molecular flexibility index (Phi) is 3.44. The quantitative estimate of drug-likeness (QED) is 0.872. The van der Waals surface area contributed by atoms with E-state index in [-0.39, 0.29) is 5.54 Å². The van der Waals surface area contributed by atoms with Crippen molar-refractivity contribution in [3.63, 3.8) is 0 Å². The van der Waals surface area contributed by atoms with Gasteiger partial charge in [-0.3, -0.25) is 4.90 Å². The van der Waals surface area contributed by atoms with Crippen LogP contribution in [0.2, 0.25) is 0 Å². The van der Waals surface area contributed by atoms with Crippen molar-refractivity contribution in [2.75, 3.05) is 26.2 Å². The minimum absolute atomic E-state index is 0.157. The zero-order chi connectivity index (χ0) is 12.4. The summed E-state index contributed by atoms with van der Waals surface area (Å²) < 4.78 is 5.84. The lowest BCUT2D eigenvalue weighted by atomic mass is 9.70. The molecule has 0 radical (unpaired) electrons. The third-order valence-electron chi connectivity index (χ3n) is 4.89. The first-order chi connectivity index (χ1) is 8.84. The van der Waals surface area contributed by atoms with Gasteiger partial charge >= 0.3 is 0 Å². The first-order valence-corrected chi connectivity index (χ1v) is 7.34. The smallest absolute Gasteiger partial charge is 0.124 e. The van der Waals surface area contributed by atoms with Gasteiger partial charge in [0.15, 0.2) is 0 Å². The Bertz CT molecular complexity index is 370. The third-order valence-corrected chi connectivity index (χ3v) is 4.89. The number of nitrogens with one attached hydrogen (secondary N) is 1. The van der Waals surface area contributed by atoms with Crippen molar-refractivity contribution < 1.29 is 4.42 Å². The molecule has 100 valence electrons. The van der Waals surface area contributed by atoms with Crippen molar-refractivity contribution in [1.29, 1.82) is 0 Å².